The first-order valence-corrected chi connectivity index (χ1v) is 3.28. The maximum Gasteiger partial charge on any atom is 0.251 e. The van der Waals surface area contributed by atoms with E-state index in [2.05, 4.69) is 0 Å². The quantitative estimate of drug-likeness (QED) is 0.588. The van der Waals surface area contributed by atoms with Gasteiger partial charge in [-0.2, -0.15) is 5.26 Å². The molecule has 3 heteroatoms. The van der Waals surface area contributed by atoms with Crippen LogP contribution in [0.4, 0.5) is 0 Å². The van der Waals surface area contributed by atoms with Crippen LogP contribution in [0.5, 0.6) is 0 Å². The van der Waals surface area contributed by atoms with Crippen LogP contribution in [0.2, 0.25) is 0 Å². The molecule has 0 amide bonds. The van der Waals surface area contributed by atoms with Crippen molar-refractivity contribution in [2.45, 2.75) is 13.5 Å². The van der Waals surface area contributed by atoms with Crippen molar-refractivity contribution in [3.63, 3.8) is 0 Å². The molecular formula is C8H8N2O. The van der Waals surface area contributed by atoms with E-state index in [1.807, 2.05) is 13.0 Å². The van der Waals surface area contributed by atoms with Crippen molar-refractivity contribution < 1.29 is 0 Å². The van der Waals surface area contributed by atoms with E-state index in [-0.39, 0.29) is 12.1 Å². The van der Waals surface area contributed by atoms with Crippen LogP contribution in [0.1, 0.15) is 5.56 Å². The fourth-order valence-electron chi connectivity index (χ4n) is 0.814. The third-order valence-electron chi connectivity index (χ3n) is 1.39. The second-order valence-corrected chi connectivity index (χ2v) is 2.33. The molecule has 56 valence electrons. The van der Waals surface area contributed by atoms with Gasteiger partial charge in [-0.3, -0.25) is 4.79 Å². The molecule has 0 bridgehead atoms. The third kappa shape index (κ3) is 1.68. The Morgan fingerprint density at radius 2 is 2.45 bits per heavy atom. The number of hydrogen-bond donors (Lipinski definition) is 0. The lowest BCUT2D eigenvalue weighted by molar-refractivity contribution is 0.785. The molecule has 0 atom stereocenters. The second-order valence-electron chi connectivity index (χ2n) is 2.33. The van der Waals surface area contributed by atoms with Crippen molar-refractivity contribution in [1.29, 1.82) is 5.26 Å². The molecule has 0 aliphatic rings. The van der Waals surface area contributed by atoms with Crippen molar-refractivity contribution >= 4 is 0 Å². The van der Waals surface area contributed by atoms with Crippen LogP contribution < -0.4 is 5.56 Å². The Kier molecular flexibility index (Phi) is 2.07. The van der Waals surface area contributed by atoms with Gasteiger partial charge in [0, 0.05) is 12.3 Å². The number of nitriles is 1. The molecule has 1 rings (SSSR count). The van der Waals surface area contributed by atoms with E-state index in [9.17, 15) is 4.79 Å². The summed E-state index contributed by atoms with van der Waals surface area (Å²) in [4.78, 5) is 11.0. The summed E-state index contributed by atoms with van der Waals surface area (Å²) in [5.74, 6) is 0. The van der Waals surface area contributed by atoms with E-state index in [4.69, 9.17) is 5.26 Å². The summed E-state index contributed by atoms with van der Waals surface area (Å²) in [6.07, 6.45) is 1.63. The molecule has 3 nitrogen and oxygen atoms in total. The zero-order valence-corrected chi connectivity index (χ0v) is 6.24. The topological polar surface area (TPSA) is 45.8 Å². The standard InChI is InChI=1S/C8H8N2O/c1-7-2-4-10(5-3-9)8(11)6-7/h2,4,6H,5H2,1H3. The van der Waals surface area contributed by atoms with Gasteiger partial charge in [-0.25, -0.2) is 0 Å². The van der Waals surface area contributed by atoms with Crippen LogP contribution in [0.3, 0.4) is 0 Å². The number of rotatable bonds is 1. The first kappa shape index (κ1) is 7.55. The minimum Gasteiger partial charge on any atom is -0.302 e. The molecule has 0 saturated carbocycles. The molecular weight excluding hydrogens is 140 g/mol. The highest BCUT2D eigenvalue weighted by atomic mass is 16.1. The number of hydrogen-bond acceptors (Lipinski definition) is 2. The van der Waals surface area contributed by atoms with Crippen molar-refractivity contribution in [3.8, 4) is 6.07 Å². The van der Waals surface area contributed by atoms with Gasteiger partial charge in [-0.15, -0.1) is 0 Å². The Morgan fingerprint density at radius 1 is 1.73 bits per heavy atom. The smallest absolute Gasteiger partial charge is 0.251 e. The fraction of sp³-hybridized carbons (Fsp3) is 0.250. The average molecular weight is 148 g/mol. The van der Waals surface area contributed by atoms with Crippen molar-refractivity contribution in [1.82, 2.24) is 4.57 Å². The highest BCUT2D eigenvalue weighted by Gasteiger charge is 1.92. The van der Waals surface area contributed by atoms with Crippen molar-refractivity contribution in [2.75, 3.05) is 0 Å². The van der Waals surface area contributed by atoms with Crippen LogP contribution in [0, 0.1) is 18.3 Å². The minimum absolute atomic E-state index is 0.119. The summed E-state index contributed by atoms with van der Waals surface area (Å²) in [6.45, 7) is 1.97. The summed E-state index contributed by atoms with van der Waals surface area (Å²) in [6, 6.07) is 5.22. The summed E-state index contributed by atoms with van der Waals surface area (Å²) in [5, 5.41) is 8.30. The van der Waals surface area contributed by atoms with Crippen molar-refractivity contribution in [3.05, 3.63) is 34.2 Å². The SMILES string of the molecule is Cc1ccn(CC#N)c(=O)c1. The van der Waals surface area contributed by atoms with Crippen LogP contribution in [-0.2, 0) is 6.54 Å². The molecule has 0 aromatic carbocycles. The molecule has 0 spiro atoms. The van der Waals surface area contributed by atoms with Crippen molar-refractivity contribution in [2.24, 2.45) is 0 Å². The molecule has 0 aliphatic heterocycles. The molecule has 0 radical (unpaired) electrons. The summed E-state index contributed by atoms with van der Waals surface area (Å²) >= 11 is 0. The molecule has 1 aromatic rings. The molecule has 1 heterocycles. The van der Waals surface area contributed by atoms with E-state index >= 15 is 0 Å². The predicted octanol–water partition coefficient (Wildman–Crippen LogP) is 0.680. The molecule has 0 N–H and O–H groups in total. The number of aromatic nitrogens is 1. The van der Waals surface area contributed by atoms with Gasteiger partial charge in [0.1, 0.15) is 6.54 Å². The maximum absolute atomic E-state index is 11.0. The van der Waals surface area contributed by atoms with Gasteiger partial charge in [-0.1, -0.05) is 0 Å². The molecule has 1 aromatic heterocycles. The van der Waals surface area contributed by atoms with Gasteiger partial charge >= 0.3 is 0 Å². The maximum atomic E-state index is 11.0. The zero-order chi connectivity index (χ0) is 8.27. The van der Waals surface area contributed by atoms with E-state index in [0.717, 1.165) is 5.56 Å². The monoisotopic (exact) mass is 148 g/mol. The Balaban J connectivity index is 3.12. The number of aryl methyl sites for hydroxylation is 1. The number of nitrogens with zero attached hydrogens (tertiary/aromatic N) is 2. The van der Waals surface area contributed by atoms with Gasteiger partial charge in [0.25, 0.3) is 5.56 Å². The van der Waals surface area contributed by atoms with E-state index in [0.29, 0.717) is 0 Å². The zero-order valence-electron chi connectivity index (χ0n) is 6.24. The Morgan fingerprint density at radius 3 is 3.00 bits per heavy atom. The lowest BCUT2D eigenvalue weighted by Gasteiger charge is -1.97. The van der Waals surface area contributed by atoms with Gasteiger partial charge < -0.3 is 4.57 Å². The Labute approximate surface area is 64.5 Å². The van der Waals surface area contributed by atoms with Gasteiger partial charge in [0.15, 0.2) is 0 Å². The first-order valence-electron chi connectivity index (χ1n) is 3.28. The van der Waals surface area contributed by atoms with Crippen LogP contribution >= 0.6 is 0 Å². The van der Waals surface area contributed by atoms with Gasteiger partial charge in [0.2, 0.25) is 0 Å². The van der Waals surface area contributed by atoms with Crippen LogP contribution in [0.15, 0.2) is 23.1 Å². The predicted molar refractivity (Wildman–Crippen MR) is 41.1 cm³/mol. The summed E-state index contributed by atoms with van der Waals surface area (Å²) in [5.41, 5.74) is 0.802. The lowest BCUT2D eigenvalue weighted by atomic mass is 10.3. The summed E-state index contributed by atoms with van der Waals surface area (Å²) < 4.78 is 1.37. The number of pyridine rings is 1. The minimum atomic E-state index is -0.119. The third-order valence-corrected chi connectivity index (χ3v) is 1.39. The fourth-order valence-corrected chi connectivity index (χ4v) is 0.814. The van der Waals surface area contributed by atoms with Crippen LogP contribution in [0.25, 0.3) is 0 Å². The largest absolute Gasteiger partial charge is 0.302 e. The van der Waals surface area contributed by atoms with Gasteiger partial charge in [-0.05, 0) is 18.6 Å². The van der Waals surface area contributed by atoms with E-state index in [1.165, 1.54) is 10.6 Å². The molecule has 0 fully saturated rings. The molecule has 0 unspecified atom stereocenters. The summed E-state index contributed by atoms with van der Waals surface area (Å²) in [7, 11) is 0. The Hall–Kier alpha value is -1.56. The normalized spacial score (nSPS) is 9.09. The second kappa shape index (κ2) is 3.02. The molecule has 11 heavy (non-hydrogen) atoms. The Bertz CT molecular complexity index is 346. The molecule has 0 aliphatic carbocycles. The van der Waals surface area contributed by atoms with E-state index in [1.54, 1.807) is 12.3 Å². The van der Waals surface area contributed by atoms with Crippen LogP contribution in [-0.4, -0.2) is 4.57 Å². The first-order chi connectivity index (χ1) is 5.24. The highest BCUT2D eigenvalue weighted by Crippen LogP contribution is 1.89. The molecule has 0 saturated heterocycles. The van der Waals surface area contributed by atoms with E-state index < -0.39 is 0 Å². The van der Waals surface area contributed by atoms with Gasteiger partial charge in [0.05, 0.1) is 6.07 Å². The highest BCUT2D eigenvalue weighted by molar-refractivity contribution is 5.08. The lowest BCUT2D eigenvalue weighted by Crippen LogP contribution is -2.17. The average Bonchev–Trinajstić information content (AvgIpc) is 1.95.